The summed E-state index contributed by atoms with van der Waals surface area (Å²) in [6, 6.07) is 3.16. The van der Waals surface area contributed by atoms with Gasteiger partial charge in [-0.3, -0.25) is 4.79 Å². The average molecular weight is 214 g/mol. The first-order chi connectivity index (χ1) is 7.09. The van der Waals surface area contributed by atoms with Gasteiger partial charge in [-0.05, 0) is 25.0 Å². The zero-order valence-corrected chi connectivity index (χ0v) is 7.84. The van der Waals surface area contributed by atoms with Crippen LogP contribution in [0.1, 0.15) is 35.2 Å². The Morgan fingerprint density at radius 1 is 1.33 bits per heavy atom. The highest BCUT2D eigenvalue weighted by atomic mass is 19.3. The minimum Gasteiger partial charge on any atom is -0.294 e. The Bertz CT molecular complexity index is 397. The highest BCUT2D eigenvalue weighted by Gasteiger charge is 2.30. The second-order valence-corrected chi connectivity index (χ2v) is 3.68. The highest BCUT2D eigenvalue weighted by Crippen LogP contribution is 2.33. The lowest BCUT2D eigenvalue weighted by Crippen LogP contribution is -2.03. The van der Waals surface area contributed by atoms with E-state index in [2.05, 4.69) is 0 Å². The van der Waals surface area contributed by atoms with Crippen LogP contribution in [-0.2, 0) is 0 Å². The molecule has 0 N–H and O–H groups in total. The zero-order chi connectivity index (χ0) is 11.0. The molecule has 0 unspecified atom stereocenters. The summed E-state index contributed by atoms with van der Waals surface area (Å²) in [6.45, 7) is 0. The van der Waals surface area contributed by atoms with Crippen LogP contribution >= 0.6 is 0 Å². The van der Waals surface area contributed by atoms with E-state index in [1.54, 1.807) is 0 Å². The molecule has 1 saturated carbocycles. The predicted molar refractivity (Wildman–Crippen MR) is 48.4 cm³/mol. The summed E-state index contributed by atoms with van der Waals surface area (Å²) in [7, 11) is 0. The molecule has 0 spiro atoms. The Morgan fingerprint density at radius 3 is 2.47 bits per heavy atom. The van der Waals surface area contributed by atoms with Gasteiger partial charge in [0.2, 0.25) is 0 Å². The van der Waals surface area contributed by atoms with E-state index in [0.717, 1.165) is 25.0 Å². The van der Waals surface area contributed by atoms with Crippen molar-refractivity contribution in [3.63, 3.8) is 0 Å². The Kier molecular flexibility index (Phi) is 2.50. The minimum atomic E-state index is -2.84. The van der Waals surface area contributed by atoms with Gasteiger partial charge in [-0.2, -0.15) is 0 Å². The van der Waals surface area contributed by atoms with E-state index in [-0.39, 0.29) is 17.3 Å². The van der Waals surface area contributed by atoms with Crippen molar-refractivity contribution in [2.45, 2.75) is 19.3 Å². The lowest BCUT2D eigenvalue weighted by Gasteiger charge is -2.04. The first kappa shape index (κ1) is 10.2. The van der Waals surface area contributed by atoms with Crippen molar-refractivity contribution in [2.75, 3.05) is 0 Å². The van der Waals surface area contributed by atoms with Crippen molar-refractivity contribution in [1.29, 1.82) is 0 Å². The molecule has 1 fully saturated rings. The van der Waals surface area contributed by atoms with Gasteiger partial charge in [0, 0.05) is 11.5 Å². The van der Waals surface area contributed by atoms with Gasteiger partial charge in [0.05, 0.1) is 5.56 Å². The molecule has 15 heavy (non-hydrogen) atoms. The molecule has 0 atom stereocenters. The molecule has 1 aromatic rings. The normalized spacial score (nSPS) is 15.7. The second kappa shape index (κ2) is 3.68. The van der Waals surface area contributed by atoms with Crippen molar-refractivity contribution in [3.8, 4) is 0 Å². The molecule has 1 aliphatic rings. The summed E-state index contributed by atoms with van der Waals surface area (Å²) in [4.78, 5) is 11.5. The number of halogens is 3. The van der Waals surface area contributed by atoms with Crippen molar-refractivity contribution >= 4 is 5.78 Å². The Balaban J connectivity index is 2.28. The lowest BCUT2D eigenvalue weighted by molar-refractivity contribution is 0.0966. The summed E-state index contributed by atoms with van der Waals surface area (Å²) in [5, 5.41) is 0. The van der Waals surface area contributed by atoms with Gasteiger partial charge in [-0.15, -0.1) is 0 Å². The summed E-state index contributed by atoms with van der Waals surface area (Å²) in [5.74, 6) is -1.17. The maximum absolute atomic E-state index is 13.1. The summed E-state index contributed by atoms with van der Waals surface area (Å²) < 4.78 is 37.5. The summed E-state index contributed by atoms with van der Waals surface area (Å²) in [5.41, 5.74) is -0.457. The Morgan fingerprint density at radius 2 is 2.00 bits per heavy atom. The van der Waals surface area contributed by atoms with E-state index in [4.69, 9.17) is 0 Å². The van der Waals surface area contributed by atoms with Gasteiger partial charge in [0.25, 0.3) is 6.43 Å². The van der Waals surface area contributed by atoms with Crippen LogP contribution in [0.25, 0.3) is 0 Å². The van der Waals surface area contributed by atoms with E-state index >= 15 is 0 Å². The monoisotopic (exact) mass is 214 g/mol. The van der Waals surface area contributed by atoms with E-state index in [1.165, 1.54) is 6.07 Å². The van der Waals surface area contributed by atoms with E-state index in [0.29, 0.717) is 0 Å². The number of Topliss-reactive ketones (excluding diaryl/α,β-unsaturated/α-hetero) is 1. The Labute approximate surface area is 84.9 Å². The molecule has 4 heteroatoms. The molecule has 1 aromatic carbocycles. The fraction of sp³-hybridized carbons (Fsp3) is 0.364. The van der Waals surface area contributed by atoms with Gasteiger partial charge in [-0.25, -0.2) is 13.2 Å². The number of ketones is 1. The quantitative estimate of drug-likeness (QED) is 0.705. The SMILES string of the molecule is O=C(c1ccc(C(F)F)c(F)c1)C1CC1. The molecule has 0 bridgehead atoms. The fourth-order valence-electron chi connectivity index (χ4n) is 1.44. The summed E-state index contributed by atoms with van der Waals surface area (Å²) >= 11 is 0. The summed E-state index contributed by atoms with van der Waals surface area (Å²) in [6.07, 6.45) is -1.20. The topological polar surface area (TPSA) is 17.1 Å². The van der Waals surface area contributed by atoms with Gasteiger partial charge in [0.15, 0.2) is 5.78 Å². The van der Waals surface area contributed by atoms with Gasteiger partial charge < -0.3 is 0 Å². The number of benzene rings is 1. The third-order valence-corrected chi connectivity index (χ3v) is 2.47. The van der Waals surface area contributed by atoms with E-state index in [1.807, 2.05) is 0 Å². The molecular formula is C11H9F3O. The average Bonchev–Trinajstić information content (AvgIpc) is 2.99. The van der Waals surface area contributed by atoms with Crippen LogP contribution in [0.3, 0.4) is 0 Å². The van der Waals surface area contributed by atoms with E-state index in [9.17, 15) is 18.0 Å². The lowest BCUT2D eigenvalue weighted by atomic mass is 10.0. The van der Waals surface area contributed by atoms with Crippen LogP contribution in [-0.4, -0.2) is 5.78 Å². The molecule has 0 amide bonds. The number of carbonyl (C=O) groups excluding carboxylic acids is 1. The third-order valence-electron chi connectivity index (χ3n) is 2.47. The molecule has 0 aromatic heterocycles. The van der Waals surface area contributed by atoms with Crippen molar-refractivity contribution < 1.29 is 18.0 Å². The van der Waals surface area contributed by atoms with Crippen LogP contribution in [0.15, 0.2) is 18.2 Å². The van der Waals surface area contributed by atoms with Crippen LogP contribution in [0, 0.1) is 11.7 Å². The van der Waals surface area contributed by atoms with Crippen LogP contribution in [0.4, 0.5) is 13.2 Å². The molecule has 0 radical (unpaired) electrons. The molecule has 1 aliphatic carbocycles. The largest absolute Gasteiger partial charge is 0.294 e. The number of hydrogen-bond acceptors (Lipinski definition) is 1. The first-order valence-corrected chi connectivity index (χ1v) is 4.71. The van der Waals surface area contributed by atoms with E-state index < -0.39 is 17.8 Å². The minimum absolute atomic E-state index is 0.0261. The highest BCUT2D eigenvalue weighted by molar-refractivity contribution is 5.99. The molecular weight excluding hydrogens is 205 g/mol. The zero-order valence-electron chi connectivity index (χ0n) is 7.84. The smallest absolute Gasteiger partial charge is 0.266 e. The predicted octanol–water partition coefficient (Wildman–Crippen LogP) is 3.36. The molecule has 2 rings (SSSR count). The van der Waals surface area contributed by atoms with Crippen molar-refractivity contribution in [1.82, 2.24) is 0 Å². The van der Waals surface area contributed by atoms with Crippen LogP contribution < -0.4 is 0 Å². The van der Waals surface area contributed by atoms with Crippen molar-refractivity contribution in [2.24, 2.45) is 5.92 Å². The second-order valence-electron chi connectivity index (χ2n) is 3.68. The third kappa shape index (κ3) is 2.03. The van der Waals surface area contributed by atoms with Crippen LogP contribution in [0.2, 0.25) is 0 Å². The van der Waals surface area contributed by atoms with Gasteiger partial charge >= 0.3 is 0 Å². The van der Waals surface area contributed by atoms with Crippen LogP contribution in [0.5, 0.6) is 0 Å². The van der Waals surface area contributed by atoms with Gasteiger partial charge in [0.1, 0.15) is 5.82 Å². The maximum Gasteiger partial charge on any atom is 0.266 e. The molecule has 0 aliphatic heterocycles. The molecule has 0 saturated heterocycles. The standard InChI is InChI=1S/C11H9F3O/c12-9-5-7(10(15)6-1-2-6)3-4-8(9)11(13)14/h3-6,11H,1-2H2. The first-order valence-electron chi connectivity index (χ1n) is 4.71. The molecule has 0 heterocycles. The number of hydrogen-bond donors (Lipinski definition) is 0. The molecule has 1 nitrogen and oxygen atoms in total. The van der Waals surface area contributed by atoms with Crippen molar-refractivity contribution in [3.05, 3.63) is 35.1 Å². The molecule has 80 valence electrons. The number of alkyl halides is 2. The fourth-order valence-corrected chi connectivity index (χ4v) is 1.44. The van der Waals surface area contributed by atoms with Gasteiger partial charge in [-0.1, -0.05) is 6.07 Å². The number of carbonyl (C=O) groups is 1. The Hall–Kier alpha value is -1.32. The number of rotatable bonds is 3. The maximum atomic E-state index is 13.1.